The van der Waals surface area contributed by atoms with Crippen LogP contribution in [0.25, 0.3) is 0 Å². The smallest absolute Gasteiger partial charge is 0.243 e. The minimum atomic E-state index is -0.526. The van der Waals surface area contributed by atoms with Crippen molar-refractivity contribution in [3.63, 3.8) is 0 Å². The molecule has 3 aromatic carbocycles. The molecule has 0 aromatic heterocycles. The van der Waals surface area contributed by atoms with E-state index in [2.05, 4.69) is 29.6 Å². The first-order chi connectivity index (χ1) is 16.4. The van der Waals surface area contributed by atoms with Crippen LogP contribution in [0.3, 0.4) is 0 Å². The van der Waals surface area contributed by atoms with Crippen molar-refractivity contribution >= 4 is 11.8 Å². The maximum Gasteiger partial charge on any atom is 0.243 e. The topological polar surface area (TPSA) is 49.4 Å². The molecular weight excluding hydrogens is 420 g/mol. The van der Waals surface area contributed by atoms with Crippen molar-refractivity contribution in [2.75, 3.05) is 0 Å². The van der Waals surface area contributed by atoms with Gasteiger partial charge in [0.1, 0.15) is 6.04 Å². The van der Waals surface area contributed by atoms with Crippen molar-refractivity contribution < 1.29 is 9.59 Å². The van der Waals surface area contributed by atoms with Crippen molar-refractivity contribution in [1.82, 2.24) is 10.2 Å². The Morgan fingerprint density at radius 2 is 1.35 bits per heavy atom. The van der Waals surface area contributed by atoms with Crippen molar-refractivity contribution in [3.8, 4) is 0 Å². The number of carbonyl (C=O) groups is 2. The highest BCUT2D eigenvalue weighted by Gasteiger charge is 2.31. The third kappa shape index (κ3) is 6.57. The first kappa shape index (κ1) is 25.2. The molecule has 0 saturated heterocycles. The Morgan fingerprint density at radius 1 is 0.824 bits per heavy atom. The minimum absolute atomic E-state index is 0.0124. The summed E-state index contributed by atoms with van der Waals surface area (Å²) in [5, 5.41) is 3.01. The quantitative estimate of drug-likeness (QED) is 0.416. The Morgan fingerprint density at radius 3 is 1.85 bits per heavy atom. The van der Waals surface area contributed by atoms with Gasteiger partial charge in [0.15, 0.2) is 0 Å². The number of hydrogen-bond donors (Lipinski definition) is 1. The maximum atomic E-state index is 14.0. The molecule has 1 atom stereocenters. The first-order valence-corrected chi connectivity index (χ1v) is 12.1. The fourth-order valence-corrected chi connectivity index (χ4v) is 4.36. The highest BCUT2D eigenvalue weighted by Crippen LogP contribution is 2.30. The predicted molar refractivity (Wildman–Crippen MR) is 138 cm³/mol. The molecule has 3 rings (SSSR count). The summed E-state index contributed by atoms with van der Waals surface area (Å²) in [5.74, 6) is -0.206. The Bertz CT molecular complexity index is 1020. The molecule has 4 nitrogen and oxygen atoms in total. The highest BCUT2D eigenvalue weighted by atomic mass is 16.2. The van der Waals surface area contributed by atoms with Gasteiger partial charge in [-0.1, -0.05) is 91.9 Å². The highest BCUT2D eigenvalue weighted by molar-refractivity contribution is 5.88. The van der Waals surface area contributed by atoms with E-state index in [0.717, 1.165) is 22.3 Å². The molecule has 2 amide bonds. The zero-order chi connectivity index (χ0) is 24.5. The Labute approximate surface area is 204 Å². The molecule has 0 saturated carbocycles. The standard InChI is InChI=1S/C30H36N2O2/c1-5-28(30(34)31-22(2)3)32(21-26-19-13-12-14-23(26)4)29(33)20-27(24-15-8-6-9-16-24)25-17-10-7-11-18-25/h6-19,22,27-28H,5,20-21H2,1-4H3,(H,31,34)/t28-/m1/s1. The van der Waals surface area contributed by atoms with Gasteiger partial charge in [-0.25, -0.2) is 0 Å². The fraction of sp³-hybridized carbons (Fsp3) is 0.333. The van der Waals surface area contributed by atoms with Gasteiger partial charge in [-0.2, -0.15) is 0 Å². The molecule has 0 heterocycles. The lowest BCUT2D eigenvalue weighted by atomic mass is 9.88. The zero-order valence-electron chi connectivity index (χ0n) is 20.7. The van der Waals surface area contributed by atoms with Crippen LogP contribution in [0.5, 0.6) is 0 Å². The van der Waals surface area contributed by atoms with Crippen LogP contribution in [0.15, 0.2) is 84.9 Å². The second-order valence-corrected chi connectivity index (χ2v) is 9.11. The Hall–Kier alpha value is -3.40. The molecule has 0 bridgehead atoms. The van der Waals surface area contributed by atoms with E-state index >= 15 is 0 Å². The molecule has 4 heteroatoms. The summed E-state index contributed by atoms with van der Waals surface area (Å²) < 4.78 is 0. The summed E-state index contributed by atoms with van der Waals surface area (Å²) in [5.41, 5.74) is 4.36. The van der Waals surface area contributed by atoms with E-state index in [-0.39, 0.29) is 23.8 Å². The van der Waals surface area contributed by atoms with E-state index < -0.39 is 6.04 Å². The summed E-state index contributed by atoms with van der Waals surface area (Å²) in [4.78, 5) is 28.9. The van der Waals surface area contributed by atoms with Crippen molar-refractivity contribution in [3.05, 3.63) is 107 Å². The molecular formula is C30H36N2O2. The van der Waals surface area contributed by atoms with E-state index in [0.29, 0.717) is 19.4 Å². The van der Waals surface area contributed by atoms with Crippen LogP contribution in [-0.4, -0.2) is 28.8 Å². The van der Waals surface area contributed by atoms with Gasteiger partial charge in [-0.3, -0.25) is 9.59 Å². The third-order valence-electron chi connectivity index (χ3n) is 6.20. The van der Waals surface area contributed by atoms with Crippen LogP contribution in [0.4, 0.5) is 0 Å². The van der Waals surface area contributed by atoms with Crippen LogP contribution < -0.4 is 5.32 Å². The lowest BCUT2D eigenvalue weighted by Crippen LogP contribution is -2.50. The Kier molecular flexibility index (Phi) is 9.03. The van der Waals surface area contributed by atoms with Gasteiger partial charge < -0.3 is 10.2 Å². The maximum absolute atomic E-state index is 14.0. The van der Waals surface area contributed by atoms with Gasteiger partial charge in [-0.05, 0) is 49.4 Å². The summed E-state index contributed by atoms with van der Waals surface area (Å²) in [6, 6.07) is 27.8. The molecule has 0 radical (unpaired) electrons. The number of rotatable bonds is 10. The second kappa shape index (κ2) is 12.2. The molecule has 0 aliphatic heterocycles. The molecule has 0 aliphatic carbocycles. The van der Waals surface area contributed by atoms with Crippen molar-refractivity contribution in [2.45, 2.75) is 65.1 Å². The van der Waals surface area contributed by atoms with E-state index in [1.165, 1.54) is 0 Å². The molecule has 34 heavy (non-hydrogen) atoms. The average molecular weight is 457 g/mol. The molecule has 0 fully saturated rings. The van der Waals surface area contributed by atoms with Gasteiger partial charge in [0.05, 0.1) is 0 Å². The normalized spacial score (nSPS) is 11.9. The third-order valence-corrected chi connectivity index (χ3v) is 6.20. The fourth-order valence-electron chi connectivity index (χ4n) is 4.36. The number of aryl methyl sites for hydroxylation is 1. The first-order valence-electron chi connectivity index (χ1n) is 12.1. The SMILES string of the molecule is CC[C@H](C(=O)NC(C)C)N(Cc1ccccc1C)C(=O)CC(c1ccccc1)c1ccccc1. The predicted octanol–water partition coefficient (Wildman–Crippen LogP) is 5.85. The van der Waals surface area contributed by atoms with Gasteiger partial charge in [0.25, 0.3) is 0 Å². The van der Waals surface area contributed by atoms with E-state index in [1.54, 1.807) is 4.90 Å². The number of carbonyl (C=O) groups excluding carboxylic acids is 2. The van der Waals surface area contributed by atoms with Crippen LogP contribution >= 0.6 is 0 Å². The number of nitrogens with zero attached hydrogens (tertiary/aromatic N) is 1. The van der Waals surface area contributed by atoms with E-state index in [1.807, 2.05) is 88.4 Å². The summed E-state index contributed by atoms with van der Waals surface area (Å²) in [7, 11) is 0. The van der Waals surface area contributed by atoms with E-state index in [9.17, 15) is 9.59 Å². The number of benzene rings is 3. The van der Waals surface area contributed by atoms with Crippen LogP contribution in [0.1, 0.15) is 61.8 Å². The second-order valence-electron chi connectivity index (χ2n) is 9.11. The van der Waals surface area contributed by atoms with Gasteiger partial charge in [0, 0.05) is 24.9 Å². The summed E-state index contributed by atoms with van der Waals surface area (Å²) in [6.07, 6.45) is 0.850. The summed E-state index contributed by atoms with van der Waals surface area (Å²) >= 11 is 0. The van der Waals surface area contributed by atoms with Crippen LogP contribution in [-0.2, 0) is 16.1 Å². The molecule has 3 aromatic rings. The molecule has 0 unspecified atom stereocenters. The lowest BCUT2D eigenvalue weighted by Gasteiger charge is -2.33. The van der Waals surface area contributed by atoms with Gasteiger partial charge in [-0.15, -0.1) is 0 Å². The Balaban J connectivity index is 1.97. The molecule has 178 valence electrons. The average Bonchev–Trinajstić information content (AvgIpc) is 2.84. The number of amides is 2. The number of hydrogen-bond acceptors (Lipinski definition) is 2. The van der Waals surface area contributed by atoms with Crippen LogP contribution in [0.2, 0.25) is 0 Å². The monoisotopic (exact) mass is 456 g/mol. The summed E-state index contributed by atoms with van der Waals surface area (Å²) in [6.45, 7) is 8.31. The lowest BCUT2D eigenvalue weighted by molar-refractivity contribution is -0.141. The largest absolute Gasteiger partial charge is 0.352 e. The molecule has 0 aliphatic rings. The molecule has 1 N–H and O–H groups in total. The van der Waals surface area contributed by atoms with Gasteiger partial charge >= 0.3 is 0 Å². The van der Waals surface area contributed by atoms with E-state index in [4.69, 9.17) is 0 Å². The van der Waals surface area contributed by atoms with Crippen molar-refractivity contribution in [1.29, 1.82) is 0 Å². The zero-order valence-corrected chi connectivity index (χ0v) is 20.7. The molecule has 0 spiro atoms. The number of nitrogens with one attached hydrogen (secondary N) is 1. The van der Waals surface area contributed by atoms with Gasteiger partial charge in [0.2, 0.25) is 11.8 Å². The van der Waals surface area contributed by atoms with Crippen molar-refractivity contribution in [2.24, 2.45) is 0 Å². The minimum Gasteiger partial charge on any atom is -0.352 e. The van der Waals surface area contributed by atoms with Crippen LogP contribution in [0, 0.1) is 6.92 Å².